The Labute approximate surface area is 75.0 Å². The Morgan fingerprint density at radius 3 is 2.08 bits per heavy atom. The lowest BCUT2D eigenvalue weighted by molar-refractivity contribution is -0.846. The van der Waals surface area contributed by atoms with Gasteiger partial charge in [0, 0.05) is 12.6 Å². The molecule has 0 radical (unpaired) electrons. The van der Waals surface area contributed by atoms with Gasteiger partial charge in [-0.1, -0.05) is 31.2 Å². The molecule has 1 aromatic carbocycles. The first-order valence-corrected chi connectivity index (χ1v) is 4.44. The van der Waals surface area contributed by atoms with Gasteiger partial charge in [0.15, 0.2) is 0 Å². The van der Waals surface area contributed by atoms with Gasteiger partial charge < -0.3 is 4.90 Å². The quantitative estimate of drug-likeness (QED) is 0.635. The number of rotatable bonds is 3. The van der Waals surface area contributed by atoms with E-state index in [4.69, 9.17) is 0 Å². The molecule has 0 aliphatic heterocycles. The molecule has 0 spiro atoms. The van der Waals surface area contributed by atoms with Gasteiger partial charge >= 0.3 is 0 Å². The van der Waals surface area contributed by atoms with Gasteiger partial charge in [-0.05, 0) is 12.0 Å². The molecule has 0 fully saturated rings. The second kappa shape index (κ2) is 4.27. The molecular formula is C11H17N. The Morgan fingerprint density at radius 1 is 1.17 bits per heavy atom. The van der Waals surface area contributed by atoms with Crippen molar-refractivity contribution in [2.24, 2.45) is 0 Å². The summed E-state index contributed by atoms with van der Waals surface area (Å²) in [4.78, 5) is 1.22. The minimum atomic E-state index is 1.00. The number of aryl methyl sites for hydroxylation is 1. The summed E-state index contributed by atoms with van der Waals surface area (Å²) in [6.45, 7) is 3.18. The molecule has 1 atom stereocenters. The average Bonchev–Trinajstić information content (AvgIpc) is 2.05. The van der Waals surface area contributed by atoms with E-state index in [-0.39, 0.29) is 0 Å². The molecule has 1 aromatic rings. The number of hydrogen-bond acceptors (Lipinski definition) is 0. The first-order chi connectivity index (χ1) is 5.72. The lowest BCUT2D eigenvalue weighted by Crippen LogP contribution is -3.01. The predicted octanol–water partition coefficient (Wildman–Crippen LogP) is 1.06. The molecule has 0 saturated carbocycles. The van der Waals surface area contributed by atoms with E-state index in [9.17, 15) is 0 Å². The van der Waals surface area contributed by atoms with E-state index in [1.54, 1.807) is 0 Å². The molecule has 0 aliphatic rings. The Kier molecular flexibility index (Phi) is 3.30. The van der Waals surface area contributed by atoms with Crippen LogP contribution in [0.3, 0.4) is 0 Å². The number of hydrogen-bond donors (Lipinski definition) is 1. The van der Waals surface area contributed by atoms with Gasteiger partial charge in [0.05, 0.1) is 6.54 Å². The molecule has 1 N–H and O–H groups in total. The molecule has 0 amide bonds. The largest absolute Gasteiger partial charge is 0.467 e. The van der Waals surface area contributed by atoms with Crippen LogP contribution in [0, 0.1) is 7.05 Å². The monoisotopic (exact) mass is 163 g/mol. The summed E-state index contributed by atoms with van der Waals surface area (Å²) in [7, 11) is 5.96. The molecule has 1 heteroatoms. The van der Waals surface area contributed by atoms with Crippen LogP contribution in [0.1, 0.15) is 18.1 Å². The summed E-state index contributed by atoms with van der Waals surface area (Å²) in [5.41, 5.74) is 2.76. The van der Waals surface area contributed by atoms with Crippen molar-refractivity contribution in [2.75, 3.05) is 7.05 Å². The number of quaternary nitrogens is 1. The number of nitrogens with one attached hydrogen (secondary N) is 1. The van der Waals surface area contributed by atoms with Gasteiger partial charge in [-0.3, -0.25) is 0 Å². The van der Waals surface area contributed by atoms with Crippen LogP contribution in [0.25, 0.3) is 0 Å². The summed E-state index contributed by atoms with van der Waals surface area (Å²) < 4.78 is 0. The molecular weight excluding hydrogens is 146 g/mol. The minimum absolute atomic E-state index is 1.00. The third-order valence-electron chi connectivity index (χ3n) is 1.94. The van der Waals surface area contributed by atoms with E-state index in [0.717, 1.165) is 13.0 Å². The Bertz CT molecular complexity index is 223. The zero-order valence-corrected chi connectivity index (χ0v) is 7.93. The SMILES string of the molecule is [CH2-][NH+](C)Cc1ccc(CC)cc1. The van der Waals surface area contributed by atoms with E-state index < -0.39 is 0 Å². The van der Waals surface area contributed by atoms with Gasteiger partial charge in [0.1, 0.15) is 0 Å². The fourth-order valence-corrected chi connectivity index (χ4v) is 1.24. The second-order valence-corrected chi connectivity index (χ2v) is 3.30. The fourth-order valence-electron chi connectivity index (χ4n) is 1.24. The van der Waals surface area contributed by atoms with E-state index >= 15 is 0 Å². The summed E-state index contributed by atoms with van der Waals surface area (Å²) in [6.07, 6.45) is 1.12. The second-order valence-electron chi connectivity index (χ2n) is 3.30. The Hall–Kier alpha value is -0.820. The highest BCUT2D eigenvalue weighted by atomic mass is 15.0. The van der Waals surface area contributed by atoms with Crippen LogP contribution in [0.15, 0.2) is 24.3 Å². The molecule has 0 saturated heterocycles. The molecule has 1 unspecified atom stereocenters. The van der Waals surface area contributed by atoms with Crippen LogP contribution in [0.4, 0.5) is 0 Å². The number of benzene rings is 1. The average molecular weight is 163 g/mol. The summed E-state index contributed by atoms with van der Waals surface area (Å²) in [5, 5.41) is 0. The van der Waals surface area contributed by atoms with Gasteiger partial charge in [-0.25, -0.2) is 0 Å². The maximum atomic E-state index is 3.89. The van der Waals surface area contributed by atoms with Crippen molar-refractivity contribution in [3.05, 3.63) is 42.4 Å². The topological polar surface area (TPSA) is 4.44 Å². The van der Waals surface area contributed by atoms with Crippen molar-refractivity contribution in [1.82, 2.24) is 0 Å². The summed E-state index contributed by atoms with van der Waals surface area (Å²) in [6, 6.07) is 8.76. The van der Waals surface area contributed by atoms with Crippen molar-refractivity contribution in [2.45, 2.75) is 19.9 Å². The Morgan fingerprint density at radius 2 is 1.67 bits per heavy atom. The third kappa shape index (κ3) is 2.67. The molecule has 1 nitrogen and oxygen atoms in total. The smallest absolute Gasteiger partial charge is 0.0785 e. The lowest BCUT2D eigenvalue weighted by Gasteiger charge is -2.13. The zero-order chi connectivity index (χ0) is 8.97. The molecule has 12 heavy (non-hydrogen) atoms. The van der Waals surface area contributed by atoms with Crippen molar-refractivity contribution in [3.8, 4) is 0 Å². The lowest BCUT2D eigenvalue weighted by atomic mass is 10.1. The predicted molar refractivity (Wildman–Crippen MR) is 51.8 cm³/mol. The van der Waals surface area contributed by atoms with Crippen LogP contribution in [-0.4, -0.2) is 7.05 Å². The van der Waals surface area contributed by atoms with Crippen LogP contribution < -0.4 is 4.90 Å². The molecule has 0 bridgehead atoms. The normalized spacial score (nSPS) is 12.9. The molecule has 0 aliphatic carbocycles. The van der Waals surface area contributed by atoms with E-state index in [1.807, 2.05) is 0 Å². The van der Waals surface area contributed by atoms with E-state index in [0.29, 0.717) is 0 Å². The Balaban J connectivity index is 2.65. The van der Waals surface area contributed by atoms with Crippen LogP contribution in [-0.2, 0) is 13.0 Å². The zero-order valence-electron chi connectivity index (χ0n) is 7.93. The maximum absolute atomic E-state index is 3.89. The highest BCUT2D eigenvalue weighted by Crippen LogP contribution is 2.03. The van der Waals surface area contributed by atoms with E-state index in [2.05, 4.69) is 45.3 Å². The van der Waals surface area contributed by atoms with Crippen molar-refractivity contribution in [3.63, 3.8) is 0 Å². The fraction of sp³-hybridized carbons (Fsp3) is 0.364. The van der Waals surface area contributed by atoms with Crippen molar-refractivity contribution < 1.29 is 4.90 Å². The maximum Gasteiger partial charge on any atom is 0.0785 e. The molecule has 1 rings (SSSR count). The van der Waals surface area contributed by atoms with Crippen molar-refractivity contribution >= 4 is 0 Å². The molecule has 0 aromatic heterocycles. The van der Waals surface area contributed by atoms with E-state index in [1.165, 1.54) is 16.0 Å². The first-order valence-electron chi connectivity index (χ1n) is 4.44. The third-order valence-corrected chi connectivity index (χ3v) is 1.94. The van der Waals surface area contributed by atoms with Gasteiger partial charge in [-0.2, -0.15) is 7.05 Å². The highest BCUT2D eigenvalue weighted by molar-refractivity contribution is 5.21. The standard InChI is InChI=1S/C11H17N/c1-4-10-5-7-11(8-6-10)9-12(2)3/h5-8,12H,2,4,9H2,1,3H3. The molecule has 66 valence electrons. The van der Waals surface area contributed by atoms with Gasteiger partial charge in [0.25, 0.3) is 0 Å². The van der Waals surface area contributed by atoms with Crippen LogP contribution >= 0.6 is 0 Å². The van der Waals surface area contributed by atoms with Crippen LogP contribution in [0.5, 0.6) is 0 Å². The first kappa shape index (κ1) is 9.27. The highest BCUT2D eigenvalue weighted by Gasteiger charge is 1.94. The molecule has 0 heterocycles. The van der Waals surface area contributed by atoms with Crippen LogP contribution in [0.2, 0.25) is 0 Å². The van der Waals surface area contributed by atoms with Gasteiger partial charge in [0.2, 0.25) is 0 Å². The summed E-state index contributed by atoms with van der Waals surface area (Å²) >= 11 is 0. The van der Waals surface area contributed by atoms with Crippen molar-refractivity contribution in [1.29, 1.82) is 0 Å². The minimum Gasteiger partial charge on any atom is -0.467 e. The van der Waals surface area contributed by atoms with Gasteiger partial charge in [-0.15, -0.1) is 0 Å². The summed E-state index contributed by atoms with van der Waals surface area (Å²) in [5.74, 6) is 0.